The maximum absolute atomic E-state index is 11.5. The Morgan fingerprint density at radius 1 is 1.53 bits per heavy atom. The SMILES string of the molecule is CC(C)(C)OC(=O)NC(C#N)c1ccccn1. The van der Waals surface area contributed by atoms with E-state index in [1.807, 2.05) is 6.07 Å². The van der Waals surface area contributed by atoms with E-state index in [1.165, 1.54) is 0 Å². The predicted molar refractivity (Wildman–Crippen MR) is 62.0 cm³/mol. The molecule has 0 aliphatic carbocycles. The summed E-state index contributed by atoms with van der Waals surface area (Å²) in [5, 5.41) is 11.4. The van der Waals surface area contributed by atoms with Crippen molar-refractivity contribution in [3.05, 3.63) is 30.1 Å². The normalized spacial score (nSPS) is 12.4. The number of aromatic nitrogens is 1. The molecule has 1 unspecified atom stereocenters. The molecule has 0 spiro atoms. The minimum atomic E-state index is -0.800. The van der Waals surface area contributed by atoms with Crippen LogP contribution in [0, 0.1) is 11.3 Å². The Morgan fingerprint density at radius 2 is 2.24 bits per heavy atom. The fourth-order valence-electron chi connectivity index (χ4n) is 1.14. The third kappa shape index (κ3) is 4.51. The molecule has 1 heterocycles. The summed E-state index contributed by atoms with van der Waals surface area (Å²) in [6, 6.07) is 6.33. The lowest BCUT2D eigenvalue weighted by molar-refractivity contribution is 0.0514. The fraction of sp³-hybridized carbons (Fsp3) is 0.417. The Bertz CT molecular complexity index is 418. The summed E-state index contributed by atoms with van der Waals surface area (Å²) >= 11 is 0. The van der Waals surface area contributed by atoms with E-state index in [9.17, 15) is 4.79 Å². The first-order valence-corrected chi connectivity index (χ1v) is 5.22. The van der Waals surface area contributed by atoms with Crippen LogP contribution in [0.25, 0.3) is 0 Å². The maximum Gasteiger partial charge on any atom is 0.409 e. The van der Waals surface area contributed by atoms with Gasteiger partial charge in [0.2, 0.25) is 0 Å². The molecular weight excluding hydrogens is 218 g/mol. The Kier molecular flexibility index (Phi) is 4.05. The summed E-state index contributed by atoms with van der Waals surface area (Å²) < 4.78 is 5.06. The number of alkyl carbamates (subject to hydrolysis) is 1. The molecule has 90 valence electrons. The minimum absolute atomic E-state index is 0.487. The summed E-state index contributed by atoms with van der Waals surface area (Å²) in [4.78, 5) is 15.5. The molecule has 0 saturated carbocycles. The predicted octanol–water partition coefficient (Wildman–Crippen LogP) is 2.17. The van der Waals surface area contributed by atoms with Crippen molar-refractivity contribution in [2.75, 3.05) is 0 Å². The number of amides is 1. The standard InChI is InChI=1S/C12H15N3O2/c1-12(2,3)17-11(16)15-10(8-13)9-6-4-5-7-14-9/h4-7,10H,1-3H3,(H,15,16). The third-order valence-corrected chi connectivity index (χ3v) is 1.77. The average Bonchev–Trinajstić information content (AvgIpc) is 2.24. The van der Waals surface area contributed by atoms with E-state index in [2.05, 4.69) is 10.3 Å². The van der Waals surface area contributed by atoms with E-state index in [1.54, 1.807) is 45.2 Å². The average molecular weight is 233 g/mol. The van der Waals surface area contributed by atoms with Gasteiger partial charge in [-0.2, -0.15) is 5.26 Å². The van der Waals surface area contributed by atoms with Crippen LogP contribution in [0.3, 0.4) is 0 Å². The summed E-state index contributed by atoms with van der Waals surface area (Å²) in [7, 11) is 0. The van der Waals surface area contributed by atoms with Gasteiger partial charge in [0.1, 0.15) is 5.60 Å². The maximum atomic E-state index is 11.5. The van der Waals surface area contributed by atoms with Crippen LogP contribution >= 0.6 is 0 Å². The first-order chi connectivity index (χ1) is 7.92. The van der Waals surface area contributed by atoms with E-state index >= 15 is 0 Å². The summed E-state index contributed by atoms with van der Waals surface area (Å²) in [6.45, 7) is 5.28. The lowest BCUT2D eigenvalue weighted by Gasteiger charge is -2.20. The third-order valence-electron chi connectivity index (χ3n) is 1.77. The molecule has 0 aliphatic rings. The van der Waals surface area contributed by atoms with Gasteiger partial charge in [-0.05, 0) is 32.9 Å². The van der Waals surface area contributed by atoms with Crippen molar-refractivity contribution in [2.24, 2.45) is 0 Å². The van der Waals surface area contributed by atoms with Gasteiger partial charge in [-0.3, -0.25) is 4.98 Å². The number of nitrogens with zero attached hydrogens (tertiary/aromatic N) is 2. The Hall–Kier alpha value is -2.09. The van der Waals surface area contributed by atoms with Crippen LogP contribution in [-0.4, -0.2) is 16.7 Å². The van der Waals surface area contributed by atoms with Gasteiger partial charge in [-0.15, -0.1) is 0 Å². The zero-order chi connectivity index (χ0) is 12.9. The molecule has 1 rings (SSSR count). The van der Waals surface area contributed by atoms with Gasteiger partial charge < -0.3 is 10.1 Å². The highest BCUT2D eigenvalue weighted by Gasteiger charge is 2.20. The molecule has 1 aromatic rings. The highest BCUT2D eigenvalue weighted by Crippen LogP contribution is 2.11. The lowest BCUT2D eigenvalue weighted by atomic mass is 10.2. The van der Waals surface area contributed by atoms with Crippen molar-refractivity contribution in [1.29, 1.82) is 5.26 Å². The highest BCUT2D eigenvalue weighted by molar-refractivity contribution is 5.68. The number of ether oxygens (including phenoxy) is 1. The number of carbonyl (C=O) groups is 1. The molecule has 5 heteroatoms. The molecule has 1 atom stereocenters. The van der Waals surface area contributed by atoms with Crippen LogP contribution in [0.4, 0.5) is 4.79 Å². The zero-order valence-electron chi connectivity index (χ0n) is 10.1. The van der Waals surface area contributed by atoms with Gasteiger partial charge in [0, 0.05) is 6.20 Å². The van der Waals surface area contributed by atoms with E-state index in [0.29, 0.717) is 5.69 Å². The summed E-state index contributed by atoms with van der Waals surface area (Å²) in [6.07, 6.45) is 0.936. The molecule has 0 saturated heterocycles. The highest BCUT2D eigenvalue weighted by atomic mass is 16.6. The van der Waals surface area contributed by atoms with Gasteiger partial charge in [0.05, 0.1) is 11.8 Å². The molecular formula is C12H15N3O2. The second kappa shape index (κ2) is 5.30. The molecule has 1 aromatic heterocycles. The van der Waals surface area contributed by atoms with Gasteiger partial charge in [0.25, 0.3) is 0 Å². The van der Waals surface area contributed by atoms with E-state index in [4.69, 9.17) is 10.00 Å². The molecule has 0 aliphatic heterocycles. The number of hydrogen-bond donors (Lipinski definition) is 1. The van der Waals surface area contributed by atoms with Gasteiger partial charge >= 0.3 is 6.09 Å². The van der Waals surface area contributed by atoms with E-state index < -0.39 is 17.7 Å². The second-order valence-corrected chi connectivity index (χ2v) is 4.46. The summed E-state index contributed by atoms with van der Waals surface area (Å²) in [5.74, 6) is 0. The number of nitrogens with one attached hydrogen (secondary N) is 1. The van der Waals surface area contributed by atoms with Gasteiger partial charge in [0.15, 0.2) is 6.04 Å². The smallest absolute Gasteiger partial charge is 0.409 e. The number of nitriles is 1. The number of carbonyl (C=O) groups excluding carboxylic acids is 1. The molecule has 1 amide bonds. The minimum Gasteiger partial charge on any atom is -0.444 e. The van der Waals surface area contributed by atoms with Crippen molar-refractivity contribution in [1.82, 2.24) is 10.3 Å². The van der Waals surface area contributed by atoms with Crippen LogP contribution in [0.1, 0.15) is 32.5 Å². The van der Waals surface area contributed by atoms with Crippen molar-refractivity contribution in [3.8, 4) is 6.07 Å². The first kappa shape index (κ1) is 13.0. The molecule has 17 heavy (non-hydrogen) atoms. The van der Waals surface area contributed by atoms with Crippen molar-refractivity contribution in [2.45, 2.75) is 32.4 Å². The number of pyridine rings is 1. The summed E-state index contributed by atoms with van der Waals surface area (Å²) in [5.41, 5.74) is -0.102. The largest absolute Gasteiger partial charge is 0.444 e. The Morgan fingerprint density at radius 3 is 2.71 bits per heavy atom. The molecule has 0 fully saturated rings. The second-order valence-electron chi connectivity index (χ2n) is 4.46. The van der Waals surface area contributed by atoms with Crippen LogP contribution < -0.4 is 5.32 Å². The van der Waals surface area contributed by atoms with Gasteiger partial charge in [-0.25, -0.2) is 4.79 Å². The molecule has 0 radical (unpaired) electrons. The van der Waals surface area contributed by atoms with Crippen molar-refractivity contribution in [3.63, 3.8) is 0 Å². The number of hydrogen-bond acceptors (Lipinski definition) is 4. The zero-order valence-corrected chi connectivity index (χ0v) is 10.1. The van der Waals surface area contributed by atoms with Crippen LogP contribution in [0.15, 0.2) is 24.4 Å². The monoisotopic (exact) mass is 233 g/mol. The van der Waals surface area contributed by atoms with Crippen LogP contribution in [0.5, 0.6) is 0 Å². The quantitative estimate of drug-likeness (QED) is 0.849. The Labute approximate surface area is 100 Å². The molecule has 5 nitrogen and oxygen atoms in total. The van der Waals surface area contributed by atoms with Crippen LogP contribution in [0.2, 0.25) is 0 Å². The first-order valence-electron chi connectivity index (χ1n) is 5.22. The fourth-order valence-corrected chi connectivity index (χ4v) is 1.14. The van der Waals surface area contributed by atoms with Crippen molar-refractivity contribution >= 4 is 6.09 Å². The molecule has 0 bridgehead atoms. The lowest BCUT2D eigenvalue weighted by Crippen LogP contribution is -2.34. The topological polar surface area (TPSA) is 75.0 Å². The molecule has 0 aromatic carbocycles. The van der Waals surface area contributed by atoms with E-state index in [0.717, 1.165) is 0 Å². The van der Waals surface area contributed by atoms with E-state index in [-0.39, 0.29) is 0 Å². The number of rotatable bonds is 2. The Balaban J connectivity index is 2.67. The van der Waals surface area contributed by atoms with Crippen LogP contribution in [-0.2, 0) is 4.74 Å². The van der Waals surface area contributed by atoms with Gasteiger partial charge in [-0.1, -0.05) is 6.07 Å². The molecule has 1 N–H and O–H groups in total. The van der Waals surface area contributed by atoms with Crippen molar-refractivity contribution < 1.29 is 9.53 Å².